The number of aromatic nitrogens is 2. The van der Waals surface area contributed by atoms with Gasteiger partial charge in [0.15, 0.2) is 0 Å². The summed E-state index contributed by atoms with van der Waals surface area (Å²) in [6, 6.07) is 10.5. The molecule has 1 N–H and O–H groups in total. The maximum atomic E-state index is 12.7. The van der Waals surface area contributed by atoms with Crippen LogP contribution < -0.4 is 5.32 Å². The fraction of sp³-hybridized carbons (Fsp3) is 0.421. The summed E-state index contributed by atoms with van der Waals surface area (Å²) in [5.41, 5.74) is 1.65. The standard InChI is InChI=1S/C19H24N4O/c1-2-23(14-15-8-4-3-5-9-15)18(24)16-12-20-19(21-13-16)22-17-10-6-7-11-17/h3-5,8-9,12-13,17H,2,6-7,10-11,14H2,1H3,(H,20,21,22). The van der Waals surface area contributed by atoms with E-state index >= 15 is 0 Å². The largest absolute Gasteiger partial charge is 0.351 e. The van der Waals surface area contributed by atoms with E-state index in [2.05, 4.69) is 15.3 Å². The first-order valence-electron chi connectivity index (χ1n) is 8.68. The van der Waals surface area contributed by atoms with Crippen molar-refractivity contribution in [3.63, 3.8) is 0 Å². The first-order valence-corrected chi connectivity index (χ1v) is 8.68. The van der Waals surface area contributed by atoms with E-state index in [1.807, 2.05) is 37.3 Å². The highest BCUT2D eigenvalue weighted by atomic mass is 16.2. The van der Waals surface area contributed by atoms with Gasteiger partial charge in [-0.1, -0.05) is 43.2 Å². The molecule has 1 aliphatic rings. The Hall–Kier alpha value is -2.43. The van der Waals surface area contributed by atoms with Gasteiger partial charge >= 0.3 is 0 Å². The zero-order chi connectivity index (χ0) is 16.8. The summed E-state index contributed by atoms with van der Waals surface area (Å²) in [4.78, 5) is 23.1. The van der Waals surface area contributed by atoms with Gasteiger partial charge in [0.05, 0.1) is 5.56 Å². The zero-order valence-corrected chi connectivity index (χ0v) is 14.1. The first-order chi connectivity index (χ1) is 11.8. The molecule has 0 radical (unpaired) electrons. The molecule has 1 heterocycles. The minimum absolute atomic E-state index is 0.0335. The van der Waals surface area contributed by atoms with E-state index in [1.165, 1.54) is 25.7 Å². The van der Waals surface area contributed by atoms with Gasteiger partial charge in [0.2, 0.25) is 5.95 Å². The topological polar surface area (TPSA) is 58.1 Å². The van der Waals surface area contributed by atoms with E-state index in [0.29, 0.717) is 30.6 Å². The Kier molecular flexibility index (Phi) is 5.41. The number of anilines is 1. The molecule has 1 aromatic carbocycles. The second kappa shape index (κ2) is 7.90. The fourth-order valence-corrected chi connectivity index (χ4v) is 3.08. The number of carbonyl (C=O) groups excluding carboxylic acids is 1. The van der Waals surface area contributed by atoms with E-state index in [-0.39, 0.29) is 5.91 Å². The molecule has 0 saturated heterocycles. The van der Waals surface area contributed by atoms with Gasteiger partial charge in [-0.05, 0) is 25.3 Å². The van der Waals surface area contributed by atoms with Gasteiger partial charge in [-0.2, -0.15) is 0 Å². The van der Waals surface area contributed by atoms with Crippen LogP contribution in [0.2, 0.25) is 0 Å². The summed E-state index contributed by atoms with van der Waals surface area (Å²) in [5.74, 6) is 0.582. The minimum atomic E-state index is -0.0335. The van der Waals surface area contributed by atoms with Crippen LogP contribution in [0.4, 0.5) is 5.95 Å². The third-order valence-electron chi connectivity index (χ3n) is 4.47. The molecule has 5 heteroatoms. The Balaban J connectivity index is 1.64. The van der Waals surface area contributed by atoms with Crippen molar-refractivity contribution < 1.29 is 4.79 Å². The highest BCUT2D eigenvalue weighted by Crippen LogP contribution is 2.20. The molecule has 0 atom stereocenters. The van der Waals surface area contributed by atoms with Crippen LogP contribution in [0.5, 0.6) is 0 Å². The van der Waals surface area contributed by atoms with Crippen LogP contribution >= 0.6 is 0 Å². The summed E-state index contributed by atoms with van der Waals surface area (Å²) in [6.45, 7) is 3.23. The Morgan fingerprint density at radius 1 is 1.17 bits per heavy atom. The lowest BCUT2D eigenvalue weighted by molar-refractivity contribution is 0.0752. The second-order valence-corrected chi connectivity index (χ2v) is 6.23. The summed E-state index contributed by atoms with van der Waals surface area (Å²) in [6.07, 6.45) is 8.12. The van der Waals surface area contributed by atoms with Crippen molar-refractivity contribution in [1.29, 1.82) is 0 Å². The molecule has 0 spiro atoms. The third-order valence-corrected chi connectivity index (χ3v) is 4.47. The summed E-state index contributed by atoms with van der Waals surface area (Å²) >= 11 is 0. The lowest BCUT2D eigenvalue weighted by Gasteiger charge is -2.21. The van der Waals surface area contributed by atoms with Crippen molar-refractivity contribution in [3.05, 3.63) is 53.9 Å². The Morgan fingerprint density at radius 3 is 2.46 bits per heavy atom. The number of carbonyl (C=O) groups is 1. The molecule has 1 aliphatic carbocycles. The molecule has 0 unspecified atom stereocenters. The fourth-order valence-electron chi connectivity index (χ4n) is 3.08. The maximum absolute atomic E-state index is 12.7. The van der Waals surface area contributed by atoms with Crippen LogP contribution in [0.15, 0.2) is 42.7 Å². The van der Waals surface area contributed by atoms with Gasteiger partial charge in [-0.3, -0.25) is 4.79 Å². The van der Waals surface area contributed by atoms with Crippen molar-refractivity contribution in [1.82, 2.24) is 14.9 Å². The quantitative estimate of drug-likeness (QED) is 0.883. The van der Waals surface area contributed by atoms with Gasteiger partial charge in [0.1, 0.15) is 0 Å². The van der Waals surface area contributed by atoms with E-state index in [1.54, 1.807) is 17.3 Å². The zero-order valence-electron chi connectivity index (χ0n) is 14.1. The molecule has 1 aromatic heterocycles. The normalized spacial score (nSPS) is 14.5. The molecule has 126 valence electrons. The molecule has 1 fully saturated rings. The highest BCUT2D eigenvalue weighted by Gasteiger charge is 2.18. The van der Waals surface area contributed by atoms with Gasteiger partial charge in [0, 0.05) is 31.5 Å². The predicted molar refractivity (Wildman–Crippen MR) is 94.8 cm³/mol. The third kappa shape index (κ3) is 4.10. The average molecular weight is 324 g/mol. The number of rotatable bonds is 6. The molecular formula is C19H24N4O. The smallest absolute Gasteiger partial charge is 0.257 e. The first kappa shape index (κ1) is 16.4. The van der Waals surface area contributed by atoms with Crippen LogP contribution in [0.3, 0.4) is 0 Å². The van der Waals surface area contributed by atoms with Crippen molar-refractivity contribution in [2.45, 2.75) is 45.2 Å². The van der Waals surface area contributed by atoms with Crippen molar-refractivity contribution in [3.8, 4) is 0 Å². The van der Waals surface area contributed by atoms with E-state index in [0.717, 1.165) is 5.56 Å². The minimum Gasteiger partial charge on any atom is -0.351 e. The lowest BCUT2D eigenvalue weighted by Crippen LogP contribution is -2.30. The number of nitrogens with one attached hydrogen (secondary N) is 1. The maximum Gasteiger partial charge on any atom is 0.257 e. The molecule has 1 amide bonds. The number of nitrogens with zero attached hydrogens (tertiary/aromatic N) is 3. The van der Waals surface area contributed by atoms with E-state index in [9.17, 15) is 4.79 Å². The Morgan fingerprint density at radius 2 is 1.83 bits per heavy atom. The SMILES string of the molecule is CCN(Cc1ccccc1)C(=O)c1cnc(NC2CCCC2)nc1. The molecule has 0 bridgehead atoms. The molecule has 3 rings (SSSR count). The second-order valence-electron chi connectivity index (χ2n) is 6.23. The Bertz CT molecular complexity index is 651. The van der Waals surface area contributed by atoms with Crippen LogP contribution in [-0.2, 0) is 6.54 Å². The Labute approximate surface area is 143 Å². The molecule has 0 aliphatic heterocycles. The molecule has 5 nitrogen and oxygen atoms in total. The predicted octanol–water partition coefficient (Wildman–Crippen LogP) is 3.49. The number of hydrogen-bond acceptors (Lipinski definition) is 4. The number of amides is 1. The van der Waals surface area contributed by atoms with Gasteiger partial charge in [-0.15, -0.1) is 0 Å². The number of hydrogen-bond donors (Lipinski definition) is 1. The summed E-state index contributed by atoms with van der Waals surface area (Å²) < 4.78 is 0. The van der Waals surface area contributed by atoms with Crippen molar-refractivity contribution in [2.75, 3.05) is 11.9 Å². The molecule has 1 saturated carbocycles. The summed E-state index contributed by atoms with van der Waals surface area (Å²) in [7, 11) is 0. The molecule has 24 heavy (non-hydrogen) atoms. The van der Waals surface area contributed by atoms with Crippen molar-refractivity contribution in [2.24, 2.45) is 0 Å². The van der Waals surface area contributed by atoms with Crippen LogP contribution in [0.1, 0.15) is 48.5 Å². The highest BCUT2D eigenvalue weighted by molar-refractivity contribution is 5.93. The average Bonchev–Trinajstić information content (AvgIpc) is 3.14. The monoisotopic (exact) mass is 324 g/mol. The van der Waals surface area contributed by atoms with Gasteiger partial charge in [-0.25, -0.2) is 9.97 Å². The van der Waals surface area contributed by atoms with Gasteiger partial charge < -0.3 is 10.2 Å². The van der Waals surface area contributed by atoms with Crippen LogP contribution in [0, 0.1) is 0 Å². The lowest BCUT2D eigenvalue weighted by atomic mass is 10.2. The van der Waals surface area contributed by atoms with Crippen LogP contribution in [0.25, 0.3) is 0 Å². The summed E-state index contributed by atoms with van der Waals surface area (Å²) in [5, 5.41) is 3.34. The van der Waals surface area contributed by atoms with E-state index < -0.39 is 0 Å². The van der Waals surface area contributed by atoms with Crippen LogP contribution in [-0.4, -0.2) is 33.4 Å². The molecule has 2 aromatic rings. The van der Waals surface area contributed by atoms with Crippen molar-refractivity contribution >= 4 is 11.9 Å². The van der Waals surface area contributed by atoms with E-state index in [4.69, 9.17) is 0 Å². The van der Waals surface area contributed by atoms with Gasteiger partial charge in [0.25, 0.3) is 5.91 Å². The molecular weight excluding hydrogens is 300 g/mol. The number of benzene rings is 1.